The molecule has 204 valence electrons. The highest BCUT2D eigenvalue weighted by Crippen LogP contribution is 2.61. The molecule has 1 heterocycles. The summed E-state index contributed by atoms with van der Waals surface area (Å²) >= 11 is 0. The van der Waals surface area contributed by atoms with Gasteiger partial charge in [-0.2, -0.15) is 0 Å². The maximum atomic E-state index is 12.8. The van der Waals surface area contributed by atoms with Crippen molar-refractivity contribution in [1.29, 1.82) is 0 Å². The van der Waals surface area contributed by atoms with E-state index < -0.39 is 0 Å². The van der Waals surface area contributed by atoms with Gasteiger partial charge in [-0.05, 0) is 78.7 Å². The number of anilines is 1. The van der Waals surface area contributed by atoms with Crippen LogP contribution in [0.3, 0.4) is 0 Å². The third-order valence-electron chi connectivity index (χ3n) is 9.61. The number of fused-ring (bicyclic) bond motifs is 2. The van der Waals surface area contributed by atoms with Gasteiger partial charge in [0.25, 0.3) is 5.91 Å². The Labute approximate surface area is 228 Å². The van der Waals surface area contributed by atoms with E-state index in [0.29, 0.717) is 35.5 Å². The Bertz CT molecular complexity index is 1130. The van der Waals surface area contributed by atoms with E-state index >= 15 is 0 Å². The molecule has 3 N–H and O–H groups in total. The van der Waals surface area contributed by atoms with Gasteiger partial charge in [0.05, 0.1) is 6.04 Å². The molecule has 2 aromatic rings. The van der Waals surface area contributed by atoms with Crippen LogP contribution in [0.2, 0.25) is 0 Å². The smallest absolute Gasteiger partial charge is 0.251 e. The van der Waals surface area contributed by atoms with Gasteiger partial charge in [-0.25, -0.2) is 4.99 Å². The largest absolute Gasteiger partial charge is 0.351 e. The fraction of sp³-hybridized carbons (Fsp3) is 0.562. The number of aliphatic imine (C=N–C) groups is 1. The van der Waals surface area contributed by atoms with E-state index in [1.165, 1.54) is 18.4 Å². The Kier molecular flexibility index (Phi) is 7.80. The van der Waals surface area contributed by atoms with Crippen molar-refractivity contribution in [3.8, 4) is 0 Å². The Hall–Kier alpha value is -2.86. The van der Waals surface area contributed by atoms with Gasteiger partial charge in [0.15, 0.2) is 5.96 Å². The van der Waals surface area contributed by atoms with Gasteiger partial charge in [-0.1, -0.05) is 58.0 Å². The molecule has 0 aromatic heterocycles. The highest BCUT2D eigenvalue weighted by molar-refractivity contribution is 5.96. The molecule has 6 heteroatoms. The van der Waals surface area contributed by atoms with Crippen LogP contribution in [0.25, 0.3) is 0 Å². The monoisotopic (exact) mass is 515 g/mol. The lowest BCUT2D eigenvalue weighted by Gasteiger charge is -2.61. The minimum atomic E-state index is -0.0398. The third-order valence-corrected chi connectivity index (χ3v) is 9.61. The number of nitrogens with zero attached hydrogens (tertiary/aromatic N) is 2. The van der Waals surface area contributed by atoms with Crippen LogP contribution < -0.4 is 16.0 Å². The summed E-state index contributed by atoms with van der Waals surface area (Å²) in [4.78, 5) is 20.6. The van der Waals surface area contributed by atoms with E-state index in [9.17, 15) is 4.79 Å². The summed E-state index contributed by atoms with van der Waals surface area (Å²) in [7, 11) is 0. The number of amides is 1. The highest BCUT2D eigenvalue weighted by Gasteiger charge is 2.56. The van der Waals surface area contributed by atoms with E-state index in [-0.39, 0.29) is 11.8 Å². The second kappa shape index (κ2) is 11.1. The minimum Gasteiger partial charge on any atom is -0.351 e. The summed E-state index contributed by atoms with van der Waals surface area (Å²) in [5.41, 5.74) is 3.33. The number of carbonyl (C=O) groups is 1. The molecule has 1 saturated heterocycles. The van der Waals surface area contributed by atoms with E-state index in [4.69, 9.17) is 4.99 Å². The van der Waals surface area contributed by atoms with Crippen molar-refractivity contribution in [3.05, 3.63) is 65.7 Å². The van der Waals surface area contributed by atoms with Crippen LogP contribution in [0.15, 0.2) is 59.6 Å². The lowest BCUT2D eigenvalue weighted by atomic mass is 9.45. The number of guanidine groups is 1. The maximum absolute atomic E-state index is 12.8. The lowest BCUT2D eigenvalue weighted by Crippen LogP contribution is -2.57. The molecule has 3 aliphatic carbocycles. The van der Waals surface area contributed by atoms with Crippen LogP contribution in [0.4, 0.5) is 5.69 Å². The molecule has 6 atom stereocenters. The summed E-state index contributed by atoms with van der Waals surface area (Å²) in [5.74, 6) is 3.34. The Morgan fingerprint density at radius 3 is 2.50 bits per heavy atom. The van der Waals surface area contributed by atoms with Crippen molar-refractivity contribution in [2.45, 2.75) is 65.5 Å². The first kappa shape index (κ1) is 26.7. The van der Waals surface area contributed by atoms with Crippen LogP contribution in [0, 0.1) is 23.2 Å². The second-order valence-corrected chi connectivity index (χ2v) is 12.5. The van der Waals surface area contributed by atoms with Gasteiger partial charge in [-0.3, -0.25) is 4.79 Å². The van der Waals surface area contributed by atoms with Crippen LogP contribution in [-0.2, 0) is 0 Å². The van der Waals surface area contributed by atoms with Crippen LogP contribution in [0.5, 0.6) is 0 Å². The Balaban J connectivity index is 1.26. The van der Waals surface area contributed by atoms with Crippen LogP contribution >= 0.6 is 0 Å². The van der Waals surface area contributed by atoms with Gasteiger partial charge in [0, 0.05) is 43.5 Å². The highest BCUT2D eigenvalue weighted by atomic mass is 16.1. The van der Waals surface area contributed by atoms with Gasteiger partial charge in [-0.15, -0.1) is 0 Å². The summed E-state index contributed by atoms with van der Waals surface area (Å²) in [6.07, 6.45) is 2.54. The number of nitrogens with one attached hydrogen (secondary N) is 3. The summed E-state index contributed by atoms with van der Waals surface area (Å²) in [6.45, 7) is 15.1. The van der Waals surface area contributed by atoms with Crippen LogP contribution in [0.1, 0.15) is 69.3 Å². The molecule has 0 spiro atoms. The van der Waals surface area contributed by atoms with Gasteiger partial charge in [0.1, 0.15) is 0 Å². The number of hydrogen-bond acceptors (Lipinski definition) is 3. The molecular formula is C32H45N5O. The number of hydrogen-bond donors (Lipinski definition) is 3. The molecular weight excluding hydrogens is 470 g/mol. The standard InChI is InChI=1S/C32H45N5O/c1-21(24-9-7-6-8-10-24)19-34-30(38)25-11-13-27(14-12-25)35-31(37-16-15-33-22(2)20-37)36-29-18-26-17-28(23(29)3)32(26,4)5/h6-14,21-23,26,28-29,33H,15-20H2,1-5H3,(H,34,38)(H,35,36)/t21-,22-,23-,26+,28-,29-/m0/s1. The zero-order valence-electron chi connectivity index (χ0n) is 23.7. The quantitative estimate of drug-likeness (QED) is 0.358. The van der Waals surface area contributed by atoms with E-state index in [1.54, 1.807) is 0 Å². The molecule has 38 heavy (non-hydrogen) atoms. The third kappa shape index (κ3) is 5.61. The SMILES string of the molecule is C[C@@H]1[C@@H](N=C(Nc2ccc(C(=O)NC[C@H](C)c3ccccc3)cc2)N2CCN[C@@H](C)C2)C[C@H]2C[C@@H]1C2(C)C. The van der Waals surface area contributed by atoms with Crippen molar-refractivity contribution in [1.82, 2.24) is 15.5 Å². The van der Waals surface area contributed by atoms with Gasteiger partial charge in [0.2, 0.25) is 0 Å². The van der Waals surface area contributed by atoms with Crippen molar-refractivity contribution >= 4 is 17.6 Å². The first-order valence-electron chi connectivity index (χ1n) is 14.5. The molecule has 3 saturated carbocycles. The van der Waals surface area contributed by atoms with Crippen molar-refractivity contribution in [2.24, 2.45) is 28.2 Å². The number of rotatable bonds is 6. The van der Waals surface area contributed by atoms with Crippen molar-refractivity contribution < 1.29 is 4.79 Å². The predicted octanol–water partition coefficient (Wildman–Crippen LogP) is 5.35. The molecule has 4 fully saturated rings. The molecule has 0 radical (unpaired) electrons. The van der Waals surface area contributed by atoms with E-state index in [0.717, 1.165) is 43.1 Å². The second-order valence-electron chi connectivity index (χ2n) is 12.5. The topological polar surface area (TPSA) is 68.8 Å². The zero-order valence-corrected chi connectivity index (χ0v) is 23.7. The predicted molar refractivity (Wildman–Crippen MR) is 157 cm³/mol. The fourth-order valence-corrected chi connectivity index (χ4v) is 6.85. The molecule has 6 nitrogen and oxygen atoms in total. The number of benzene rings is 2. The fourth-order valence-electron chi connectivity index (χ4n) is 6.85. The average Bonchev–Trinajstić information content (AvgIpc) is 2.92. The van der Waals surface area contributed by atoms with Crippen molar-refractivity contribution in [2.75, 3.05) is 31.5 Å². The molecule has 1 amide bonds. The normalized spacial score (nSPS) is 29.2. The number of carbonyl (C=O) groups excluding carboxylic acids is 1. The summed E-state index contributed by atoms with van der Waals surface area (Å²) < 4.78 is 0. The minimum absolute atomic E-state index is 0.0398. The molecule has 1 aliphatic heterocycles. The molecule has 2 bridgehead atoms. The lowest BCUT2D eigenvalue weighted by molar-refractivity contribution is -0.108. The number of piperazine rings is 1. The Morgan fingerprint density at radius 2 is 1.84 bits per heavy atom. The maximum Gasteiger partial charge on any atom is 0.251 e. The molecule has 0 unspecified atom stereocenters. The van der Waals surface area contributed by atoms with E-state index in [1.807, 2.05) is 42.5 Å². The summed E-state index contributed by atoms with van der Waals surface area (Å²) in [6, 6.07) is 18.9. The first-order valence-corrected chi connectivity index (χ1v) is 14.5. The van der Waals surface area contributed by atoms with Gasteiger partial charge >= 0.3 is 0 Å². The molecule has 4 aliphatic rings. The Morgan fingerprint density at radius 1 is 1.11 bits per heavy atom. The van der Waals surface area contributed by atoms with Gasteiger partial charge < -0.3 is 20.9 Å². The molecule has 2 aromatic carbocycles. The first-order chi connectivity index (χ1) is 18.2. The van der Waals surface area contributed by atoms with Crippen molar-refractivity contribution in [3.63, 3.8) is 0 Å². The average molecular weight is 516 g/mol. The molecule has 6 rings (SSSR count). The van der Waals surface area contributed by atoms with Crippen LogP contribution in [-0.4, -0.2) is 55.0 Å². The summed E-state index contributed by atoms with van der Waals surface area (Å²) in [5, 5.41) is 10.3. The zero-order chi connectivity index (χ0) is 26.9. The van der Waals surface area contributed by atoms with E-state index in [2.05, 4.69) is 67.6 Å².